The maximum absolute atomic E-state index is 10.3. The SMILES string of the molecule is C[C@@H]([C@@H](O)[C@H](C)CO)[C@H](O)[C@@H](C)COCc1ccccc1. The van der Waals surface area contributed by atoms with E-state index >= 15 is 0 Å². The van der Waals surface area contributed by atoms with Crippen LogP contribution in [0, 0.1) is 17.8 Å². The molecule has 4 nitrogen and oxygen atoms in total. The van der Waals surface area contributed by atoms with Crippen LogP contribution in [0.25, 0.3) is 0 Å². The molecule has 4 heteroatoms. The molecule has 0 bridgehead atoms. The topological polar surface area (TPSA) is 69.9 Å². The van der Waals surface area contributed by atoms with Gasteiger partial charge in [-0.05, 0) is 5.56 Å². The number of hydrogen-bond donors (Lipinski definition) is 3. The third-order valence-corrected chi connectivity index (χ3v) is 4.02. The van der Waals surface area contributed by atoms with E-state index in [2.05, 4.69) is 0 Å². The van der Waals surface area contributed by atoms with E-state index in [1.165, 1.54) is 0 Å². The van der Waals surface area contributed by atoms with Gasteiger partial charge in [0.25, 0.3) is 0 Å². The normalized spacial score (nSPS) is 18.8. The molecule has 0 spiro atoms. The van der Waals surface area contributed by atoms with Crippen LogP contribution in [0.4, 0.5) is 0 Å². The quantitative estimate of drug-likeness (QED) is 0.650. The van der Waals surface area contributed by atoms with Crippen molar-refractivity contribution in [2.45, 2.75) is 39.6 Å². The van der Waals surface area contributed by atoms with Crippen LogP contribution in [-0.4, -0.2) is 40.7 Å². The first-order chi connectivity index (χ1) is 9.97. The summed E-state index contributed by atoms with van der Waals surface area (Å²) < 4.78 is 5.63. The summed E-state index contributed by atoms with van der Waals surface area (Å²) in [6.45, 7) is 6.34. The van der Waals surface area contributed by atoms with Crippen LogP contribution in [0.15, 0.2) is 30.3 Å². The Morgan fingerprint density at radius 2 is 1.52 bits per heavy atom. The highest BCUT2D eigenvalue weighted by Gasteiger charge is 2.30. The molecule has 120 valence electrons. The highest BCUT2D eigenvalue weighted by molar-refractivity contribution is 5.13. The minimum Gasteiger partial charge on any atom is -0.396 e. The number of aliphatic hydroxyl groups is 3. The smallest absolute Gasteiger partial charge is 0.0717 e. The molecule has 0 radical (unpaired) electrons. The van der Waals surface area contributed by atoms with E-state index in [1.807, 2.05) is 37.3 Å². The molecule has 0 heterocycles. The molecule has 0 saturated heterocycles. The van der Waals surface area contributed by atoms with Crippen molar-refractivity contribution in [1.82, 2.24) is 0 Å². The second kappa shape index (κ2) is 9.15. The summed E-state index contributed by atoms with van der Waals surface area (Å²) in [6.07, 6.45) is -1.38. The van der Waals surface area contributed by atoms with Gasteiger partial charge in [-0.1, -0.05) is 51.1 Å². The van der Waals surface area contributed by atoms with Crippen molar-refractivity contribution in [3.63, 3.8) is 0 Å². The van der Waals surface area contributed by atoms with E-state index in [0.717, 1.165) is 5.56 Å². The fourth-order valence-corrected chi connectivity index (χ4v) is 2.38. The molecule has 0 aliphatic rings. The van der Waals surface area contributed by atoms with Crippen molar-refractivity contribution in [2.75, 3.05) is 13.2 Å². The van der Waals surface area contributed by atoms with Gasteiger partial charge in [0.2, 0.25) is 0 Å². The van der Waals surface area contributed by atoms with Crippen LogP contribution < -0.4 is 0 Å². The minimum atomic E-state index is -0.721. The zero-order chi connectivity index (χ0) is 15.8. The lowest BCUT2D eigenvalue weighted by molar-refractivity contribution is -0.0556. The van der Waals surface area contributed by atoms with Crippen molar-refractivity contribution in [3.8, 4) is 0 Å². The standard InChI is InChI=1S/C17H28O4/c1-12(9-18)16(19)14(3)17(20)13(2)10-21-11-15-7-5-4-6-8-15/h4-8,12-14,16-20H,9-11H2,1-3H3/t12-,13+,14+,16+,17-/m1/s1. The summed E-state index contributed by atoms with van der Waals surface area (Å²) in [5, 5.41) is 29.4. The molecule has 1 aromatic rings. The number of ether oxygens (including phenoxy) is 1. The fraction of sp³-hybridized carbons (Fsp3) is 0.647. The summed E-state index contributed by atoms with van der Waals surface area (Å²) in [6, 6.07) is 9.88. The van der Waals surface area contributed by atoms with E-state index in [0.29, 0.717) is 13.2 Å². The van der Waals surface area contributed by atoms with E-state index < -0.39 is 12.2 Å². The van der Waals surface area contributed by atoms with Gasteiger partial charge in [-0.15, -0.1) is 0 Å². The van der Waals surface area contributed by atoms with Gasteiger partial charge in [0, 0.05) is 24.4 Å². The van der Waals surface area contributed by atoms with Crippen molar-refractivity contribution in [1.29, 1.82) is 0 Å². The third kappa shape index (κ3) is 5.75. The lowest BCUT2D eigenvalue weighted by Gasteiger charge is -2.31. The Bertz CT molecular complexity index is 382. The van der Waals surface area contributed by atoms with Crippen molar-refractivity contribution >= 4 is 0 Å². The molecule has 0 aliphatic heterocycles. The maximum Gasteiger partial charge on any atom is 0.0717 e. The molecule has 5 atom stereocenters. The lowest BCUT2D eigenvalue weighted by Crippen LogP contribution is -2.39. The van der Waals surface area contributed by atoms with E-state index in [4.69, 9.17) is 9.84 Å². The van der Waals surface area contributed by atoms with Gasteiger partial charge >= 0.3 is 0 Å². The summed E-state index contributed by atoms with van der Waals surface area (Å²) in [4.78, 5) is 0. The Morgan fingerprint density at radius 3 is 2.10 bits per heavy atom. The maximum atomic E-state index is 10.3. The molecule has 1 aromatic carbocycles. The van der Waals surface area contributed by atoms with Crippen LogP contribution in [0.5, 0.6) is 0 Å². The number of aliphatic hydroxyl groups excluding tert-OH is 3. The van der Waals surface area contributed by atoms with Crippen LogP contribution in [-0.2, 0) is 11.3 Å². The summed E-state index contributed by atoms with van der Waals surface area (Å²) in [5.74, 6) is -0.626. The Morgan fingerprint density at radius 1 is 0.952 bits per heavy atom. The first-order valence-electron chi connectivity index (χ1n) is 7.56. The van der Waals surface area contributed by atoms with Crippen LogP contribution in [0.2, 0.25) is 0 Å². The highest BCUT2D eigenvalue weighted by Crippen LogP contribution is 2.21. The van der Waals surface area contributed by atoms with Crippen LogP contribution in [0.1, 0.15) is 26.3 Å². The molecule has 0 aliphatic carbocycles. The van der Waals surface area contributed by atoms with E-state index in [-0.39, 0.29) is 24.4 Å². The molecule has 3 N–H and O–H groups in total. The number of benzene rings is 1. The van der Waals surface area contributed by atoms with Crippen molar-refractivity contribution in [2.24, 2.45) is 17.8 Å². The van der Waals surface area contributed by atoms with E-state index in [1.54, 1.807) is 13.8 Å². The van der Waals surface area contributed by atoms with Gasteiger partial charge in [-0.2, -0.15) is 0 Å². The first-order valence-corrected chi connectivity index (χ1v) is 7.56. The highest BCUT2D eigenvalue weighted by atomic mass is 16.5. The van der Waals surface area contributed by atoms with Gasteiger partial charge in [0.1, 0.15) is 0 Å². The van der Waals surface area contributed by atoms with Gasteiger partial charge in [0.05, 0.1) is 25.4 Å². The van der Waals surface area contributed by atoms with E-state index in [9.17, 15) is 10.2 Å². The zero-order valence-electron chi connectivity index (χ0n) is 13.1. The molecule has 0 unspecified atom stereocenters. The molecule has 0 fully saturated rings. The second-order valence-electron chi connectivity index (χ2n) is 5.98. The van der Waals surface area contributed by atoms with Crippen LogP contribution >= 0.6 is 0 Å². The molecular formula is C17H28O4. The third-order valence-electron chi connectivity index (χ3n) is 4.02. The molecular weight excluding hydrogens is 268 g/mol. The molecule has 0 amide bonds. The summed E-state index contributed by atoms with van der Waals surface area (Å²) in [7, 11) is 0. The Labute approximate surface area is 127 Å². The number of hydrogen-bond acceptors (Lipinski definition) is 4. The Kier molecular flexibility index (Phi) is 7.89. The molecule has 1 rings (SSSR count). The molecule has 0 aromatic heterocycles. The fourth-order valence-electron chi connectivity index (χ4n) is 2.38. The van der Waals surface area contributed by atoms with Gasteiger partial charge in [-0.25, -0.2) is 0 Å². The first kappa shape index (κ1) is 18.1. The molecule has 0 saturated carbocycles. The van der Waals surface area contributed by atoms with Crippen LogP contribution in [0.3, 0.4) is 0 Å². The minimum absolute atomic E-state index is 0.0794. The summed E-state index contributed by atoms with van der Waals surface area (Å²) >= 11 is 0. The van der Waals surface area contributed by atoms with Crippen molar-refractivity contribution < 1.29 is 20.1 Å². The monoisotopic (exact) mass is 296 g/mol. The van der Waals surface area contributed by atoms with Gasteiger partial charge in [0.15, 0.2) is 0 Å². The Hall–Kier alpha value is -0.940. The second-order valence-corrected chi connectivity index (χ2v) is 5.98. The average Bonchev–Trinajstić information content (AvgIpc) is 2.52. The predicted octanol–water partition coefficient (Wildman–Crippen LogP) is 1.83. The average molecular weight is 296 g/mol. The van der Waals surface area contributed by atoms with Crippen molar-refractivity contribution in [3.05, 3.63) is 35.9 Å². The lowest BCUT2D eigenvalue weighted by atomic mass is 9.85. The largest absolute Gasteiger partial charge is 0.396 e. The zero-order valence-corrected chi connectivity index (χ0v) is 13.1. The van der Waals surface area contributed by atoms with Gasteiger partial charge < -0.3 is 20.1 Å². The predicted molar refractivity (Wildman–Crippen MR) is 82.7 cm³/mol. The summed E-state index contributed by atoms with van der Waals surface area (Å²) in [5.41, 5.74) is 1.10. The number of rotatable bonds is 9. The van der Waals surface area contributed by atoms with Gasteiger partial charge in [-0.3, -0.25) is 0 Å². The Balaban J connectivity index is 2.38. The molecule has 21 heavy (non-hydrogen) atoms.